The van der Waals surface area contributed by atoms with Crippen LogP contribution in [-0.2, 0) is 19.1 Å². The molecule has 0 aromatic carbocycles. The van der Waals surface area contributed by atoms with E-state index in [1.165, 1.54) is 0 Å². The zero-order valence-corrected chi connectivity index (χ0v) is 10.6. The van der Waals surface area contributed by atoms with Gasteiger partial charge in [0.05, 0.1) is 25.6 Å². The molecule has 0 amide bonds. The van der Waals surface area contributed by atoms with Gasteiger partial charge in [0.15, 0.2) is 0 Å². The molecule has 1 atom stereocenters. The van der Waals surface area contributed by atoms with Gasteiger partial charge in [-0.2, -0.15) is 0 Å². The smallest absolute Gasteiger partial charge is 0.309 e. The van der Waals surface area contributed by atoms with Crippen LogP contribution < -0.4 is 0 Å². The second kappa shape index (κ2) is 8.13. The number of ether oxygens (including phenoxy) is 2. The zero-order chi connectivity index (χ0) is 12.6. The van der Waals surface area contributed by atoms with Crippen molar-refractivity contribution >= 4 is 11.9 Å². The van der Waals surface area contributed by atoms with Crippen molar-refractivity contribution in [2.75, 3.05) is 13.2 Å². The highest BCUT2D eigenvalue weighted by molar-refractivity contribution is 5.79. The summed E-state index contributed by atoms with van der Waals surface area (Å²) in [6.45, 7) is 8.30. The molecule has 0 saturated heterocycles. The molecule has 0 bridgehead atoms. The molecule has 4 nitrogen and oxygen atoms in total. The van der Waals surface area contributed by atoms with Crippen LogP contribution in [0.5, 0.6) is 0 Å². The molecular formula is C12H22O4. The molecule has 0 aliphatic rings. The Morgan fingerprint density at radius 2 is 1.75 bits per heavy atom. The van der Waals surface area contributed by atoms with Gasteiger partial charge in [0, 0.05) is 0 Å². The van der Waals surface area contributed by atoms with Gasteiger partial charge in [0.1, 0.15) is 0 Å². The summed E-state index contributed by atoms with van der Waals surface area (Å²) in [5, 5.41) is 0. The Labute approximate surface area is 97.3 Å². The Balaban J connectivity index is 4.06. The molecule has 94 valence electrons. The monoisotopic (exact) mass is 230 g/mol. The van der Waals surface area contributed by atoms with Gasteiger partial charge in [0.25, 0.3) is 0 Å². The molecule has 0 rings (SSSR count). The third-order valence-corrected chi connectivity index (χ3v) is 2.10. The third-order valence-electron chi connectivity index (χ3n) is 2.10. The van der Waals surface area contributed by atoms with Crippen LogP contribution in [0.4, 0.5) is 0 Å². The van der Waals surface area contributed by atoms with Crippen LogP contribution in [0.25, 0.3) is 0 Å². The van der Waals surface area contributed by atoms with Crippen LogP contribution in [0.15, 0.2) is 0 Å². The van der Waals surface area contributed by atoms with Gasteiger partial charge in [-0.1, -0.05) is 20.8 Å². The van der Waals surface area contributed by atoms with Crippen molar-refractivity contribution in [3.8, 4) is 0 Å². The minimum absolute atomic E-state index is 0.112. The normalized spacial score (nSPS) is 12.3. The van der Waals surface area contributed by atoms with E-state index in [1.807, 2.05) is 20.8 Å². The van der Waals surface area contributed by atoms with E-state index in [0.29, 0.717) is 25.6 Å². The minimum atomic E-state index is -0.377. The van der Waals surface area contributed by atoms with Crippen LogP contribution in [0.1, 0.15) is 40.5 Å². The lowest BCUT2D eigenvalue weighted by atomic mass is 10.0. The predicted molar refractivity (Wildman–Crippen MR) is 60.8 cm³/mol. The quantitative estimate of drug-likeness (QED) is 0.629. The van der Waals surface area contributed by atoms with Crippen LogP contribution >= 0.6 is 0 Å². The summed E-state index contributed by atoms with van der Waals surface area (Å²) in [4.78, 5) is 22.8. The van der Waals surface area contributed by atoms with Crippen molar-refractivity contribution in [2.45, 2.75) is 40.5 Å². The Morgan fingerprint density at radius 1 is 1.12 bits per heavy atom. The predicted octanol–water partition coefficient (Wildman–Crippen LogP) is 2.17. The highest BCUT2D eigenvalue weighted by Gasteiger charge is 2.22. The maximum Gasteiger partial charge on any atom is 0.309 e. The number of hydrogen-bond donors (Lipinski definition) is 0. The molecule has 0 radical (unpaired) electrons. The van der Waals surface area contributed by atoms with Crippen molar-refractivity contribution in [1.82, 2.24) is 0 Å². The van der Waals surface area contributed by atoms with E-state index in [2.05, 4.69) is 0 Å². The van der Waals surface area contributed by atoms with Crippen molar-refractivity contribution in [3.05, 3.63) is 0 Å². The van der Waals surface area contributed by atoms with E-state index >= 15 is 0 Å². The van der Waals surface area contributed by atoms with Gasteiger partial charge in [-0.25, -0.2) is 0 Å². The minimum Gasteiger partial charge on any atom is -0.466 e. The number of hydrogen-bond acceptors (Lipinski definition) is 4. The topological polar surface area (TPSA) is 52.6 Å². The summed E-state index contributed by atoms with van der Waals surface area (Å²) in [6.07, 6.45) is 0.705. The van der Waals surface area contributed by atoms with Crippen molar-refractivity contribution < 1.29 is 19.1 Å². The van der Waals surface area contributed by atoms with Gasteiger partial charge < -0.3 is 9.47 Å². The third kappa shape index (κ3) is 6.43. The van der Waals surface area contributed by atoms with Gasteiger partial charge >= 0.3 is 11.9 Å². The highest BCUT2D eigenvalue weighted by atomic mass is 16.5. The van der Waals surface area contributed by atoms with E-state index in [9.17, 15) is 9.59 Å². The Bertz CT molecular complexity index is 223. The molecule has 0 aromatic heterocycles. The first-order valence-electron chi connectivity index (χ1n) is 5.83. The molecule has 0 aliphatic carbocycles. The van der Waals surface area contributed by atoms with E-state index in [1.54, 1.807) is 6.92 Å². The standard InChI is InChI=1S/C12H22O4/c1-5-10(7-11(13)15-6-2)12(14)16-8-9(3)4/h9-10H,5-8H2,1-4H3. The van der Waals surface area contributed by atoms with E-state index < -0.39 is 0 Å². The van der Waals surface area contributed by atoms with Crippen LogP contribution in [-0.4, -0.2) is 25.2 Å². The summed E-state index contributed by atoms with van der Waals surface area (Å²) in [5.41, 5.74) is 0. The largest absolute Gasteiger partial charge is 0.466 e. The molecular weight excluding hydrogens is 208 g/mol. The first-order valence-corrected chi connectivity index (χ1v) is 5.83. The fourth-order valence-corrected chi connectivity index (χ4v) is 1.18. The summed E-state index contributed by atoms with van der Waals surface area (Å²) >= 11 is 0. The molecule has 0 spiro atoms. The number of carbonyl (C=O) groups excluding carboxylic acids is 2. The molecule has 0 aromatic rings. The fourth-order valence-electron chi connectivity index (χ4n) is 1.18. The molecule has 0 fully saturated rings. The Morgan fingerprint density at radius 3 is 2.19 bits per heavy atom. The van der Waals surface area contributed by atoms with Crippen molar-refractivity contribution in [2.24, 2.45) is 11.8 Å². The lowest BCUT2D eigenvalue weighted by Crippen LogP contribution is -2.23. The summed E-state index contributed by atoms with van der Waals surface area (Å²) in [6, 6.07) is 0. The van der Waals surface area contributed by atoms with E-state index in [-0.39, 0.29) is 24.3 Å². The van der Waals surface area contributed by atoms with Gasteiger partial charge in [-0.05, 0) is 19.3 Å². The van der Waals surface area contributed by atoms with Crippen LogP contribution in [0.2, 0.25) is 0 Å². The number of carbonyl (C=O) groups is 2. The Hall–Kier alpha value is -1.06. The Kier molecular flexibility index (Phi) is 7.60. The average molecular weight is 230 g/mol. The average Bonchev–Trinajstić information content (AvgIpc) is 2.22. The first-order chi connectivity index (χ1) is 7.51. The van der Waals surface area contributed by atoms with Crippen molar-refractivity contribution in [3.63, 3.8) is 0 Å². The molecule has 0 heterocycles. The molecule has 0 saturated carbocycles. The second-order valence-electron chi connectivity index (χ2n) is 4.14. The highest BCUT2D eigenvalue weighted by Crippen LogP contribution is 2.12. The van der Waals surface area contributed by atoms with Gasteiger partial charge in [0.2, 0.25) is 0 Å². The van der Waals surface area contributed by atoms with E-state index in [0.717, 1.165) is 0 Å². The summed E-state index contributed by atoms with van der Waals surface area (Å²) in [7, 11) is 0. The molecule has 0 N–H and O–H groups in total. The number of rotatable bonds is 7. The second-order valence-corrected chi connectivity index (χ2v) is 4.14. The fraction of sp³-hybridized carbons (Fsp3) is 0.833. The SMILES string of the molecule is CCOC(=O)CC(CC)C(=O)OCC(C)C. The maximum absolute atomic E-state index is 11.6. The van der Waals surface area contributed by atoms with E-state index in [4.69, 9.17) is 9.47 Å². The van der Waals surface area contributed by atoms with Crippen LogP contribution in [0.3, 0.4) is 0 Å². The molecule has 1 unspecified atom stereocenters. The molecule has 16 heavy (non-hydrogen) atoms. The summed E-state index contributed by atoms with van der Waals surface area (Å²) in [5.74, 6) is -0.707. The van der Waals surface area contributed by atoms with Gasteiger partial charge in [-0.3, -0.25) is 9.59 Å². The van der Waals surface area contributed by atoms with Gasteiger partial charge in [-0.15, -0.1) is 0 Å². The van der Waals surface area contributed by atoms with Crippen LogP contribution in [0, 0.1) is 11.8 Å². The maximum atomic E-state index is 11.6. The lowest BCUT2D eigenvalue weighted by Gasteiger charge is -2.14. The zero-order valence-electron chi connectivity index (χ0n) is 10.6. The summed E-state index contributed by atoms with van der Waals surface area (Å²) < 4.78 is 9.89. The lowest BCUT2D eigenvalue weighted by molar-refractivity contribution is -0.155. The first kappa shape index (κ1) is 14.9. The molecule has 0 aliphatic heterocycles. The number of esters is 2. The molecule has 4 heteroatoms. The van der Waals surface area contributed by atoms with Crippen molar-refractivity contribution in [1.29, 1.82) is 0 Å².